The number of methoxy groups -OCH3 is 2. The number of amides is 1. The third-order valence-corrected chi connectivity index (χ3v) is 2.53. The monoisotopic (exact) mass is 291 g/mol. The van der Waals surface area contributed by atoms with Crippen LogP contribution in [0.4, 0.5) is 5.69 Å². The van der Waals surface area contributed by atoms with Crippen LogP contribution < -0.4 is 10.6 Å². The molecule has 1 amide bonds. The molecular formula is C14H17N3O4. The molecule has 0 saturated carbocycles. The number of rotatable bonds is 7. The predicted octanol–water partition coefficient (Wildman–Crippen LogP) is 0.947. The Morgan fingerprint density at radius 3 is 2.76 bits per heavy atom. The second-order valence-electron chi connectivity index (χ2n) is 3.98. The number of hydrogen-bond donors (Lipinski definition) is 3. The van der Waals surface area contributed by atoms with E-state index in [0.717, 1.165) is 0 Å². The minimum absolute atomic E-state index is 0.0245. The lowest BCUT2D eigenvalue weighted by Gasteiger charge is -2.12. The van der Waals surface area contributed by atoms with Gasteiger partial charge in [-0.3, -0.25) is 4.79 Å². The number of hydrogen-bond acceptors (Lipinski definition) is 6. The summed E-state index contributed by atoms with van der Waals surface area (Å²) in [5, 5.41) is 23.6. The summed E-state index contributed by atoms with van der Waals surface area (Å²) in [6.07, 6.45) is 0.804. The molecule has 21 heavy (non-hydrogen) atoms. The second-order valence-corrected chi connectivity index (χ2v) is 3.98. The molecule has 0 aliphatic heterocycles. The van der Waals surface area contributed by atoms with E-state index in [4.69, 9.17) is 14.7 Å². The Morgan fingerprint density at radius 1 is 1.48 bits per heavy atom. The third-order valence-electron chi connectivity index (χ3n) is 2.53. The van der Waals surface area contributed by atoms with E-state index < -0.39 is 12.2 Å². The highest BCUT2D eigenvalue weighted by Gasteiger charge is 2.10. The Morgan fingerprint density at radius 2 is 2.19 bits per heavy atom. The molecule has 0 spiro atoms. The SMILES string of the molecule is COC(CN/C=C(/C#N)C(=O)Nc1cccc(O)c1)OC. The van der Waals surface area contributed by atoms with E-state index >= 15 is 0 Å². The minimum atomic E-state index is -0.581. The normalized spacial score (nSPS) is 11.0. The molecular weight excluding hydrogens is 274 g/mol. The van der Waals surface area contributed by atoms with Gasteiger partial charge < -0.3 is 25.2 Å². The van der Waals surface area contributed by atoms with Crippen LogP contribution in [0.2, 0.25) is 0 Å². The largest absolute Gasteiger partial charge is 0.508 e. The molecule has 0 aliphatic carbocycles. The highest BCUT2D eigenvalue weighted by Crippen LogP contribution is 2.15. The number of nitriles is 1. The molecule has 0 fully saturated rings. The van der Waals surface area contributed by atoms with Gasteiger partial charge in [0.2, 0.25) is 0 Å². The molecule has 0 bridgehead atoms. The first-order chi connectivity index (χ1) is 10.1. The number of nitrogens with zero attached hydrogens (tertiary/aromatic N) is 1. The van der Waals surface area contributed by atoms with Crippen LogP contribution in [-0.2, 0) is 14.3 Å². The summed E-state index contributed by atoms with van der Waals surface area (Å²) in [6.45, 7) is 0.289. The molecule has 112 valence electrons. The third kappa shape index (κ3) is 5.52. The second kappa shape index (κ2) is 8.58. The first kappa shape index (κ1) is 16.5. The number of nitrogens with one attached hydrogen (secondary N) is 2. The number of aromatic hydroxyl groups is 1. The van der Waals surface area contributed by atoms with Gasteiger partial charge in [-0.2, -0.15) is 5.26 Å². The minimum Gasteiger partial charge on any atom is -0.508 e. The first-order valence-corrected chi connectivity index (χ1v) is 6.10. The van der Waals surface area contributed by atoms with Crippen molar-refractivity contribution in [3.8, 4) is 11.8 Å². The van der Waals surface area contributed by atoms with Crippen LogP contribution in [0.1, 0.15) is 0 Å². The highest BCUT2D eigenvalue weighted by atomic mass is 16.7. The summed E-state index contributed by atoms with van der Waals surface area (Å²) >= 11 is 0. The van der Waals surface area contributed by atoms with Crippen molar-refractivity contribution >= 4 is 11.6 Å². The van der Waals surface area contributed by atoms with E-state index in [0.29, 0.717) is 5.69 Å². The molecule has 0 aromatic heterocycles. The summed E-state index contributed by atoms with van der Waals surface area (Å²) in [5.74, 6) is -0.557. The van der Waals surface area contributed by atoms with Crippen LogP contribution in [0.15, 0.2) is 36.0 Å². The van der Waals surface area contributed by atoms with Gasteiger partial charge in [0.05, 0.1) is 6.54 Å². The maximum Gasteiger partial charge on any atom is 0.267 e. The van der Waals surface area contributed by atoms with Crippen molar-refractivity contribution in [2.75, 3.05) is 26.1 Å². The lowest BCUT2D eigenvalue weighted by atomic mass is 10.2. The number of carbonyl (C=O) groups is 1. The molecule has 1 aromatic rings. The zero-order chi connectivity index (χ0) is 15.7. The zero-order valence-electron chi connectivity index (χ0n) is 11.8. The molecule has 0 unspecified atom stereocenters. The summed E-state index contributed by atoms with van der Waals surface area (Å²) < 4.78 is 9.92. The maximum absolute atomic E-state index is 11.9. The molecule has 0 saturated heterocycles. The molecule has 1 aromatic carbocycles. The predicted molar refractivity (Wildman–Crippen MR) is 76.2 cm³/mol. The van der Waals surface area contributed by atoms with Crippen LogP contribution in [0, 0.1) is 11.3 Å². The average Bonchev–Trinajstić information content (AvgIpc) is 2.47. The van der Waals surface area contributed by atoms with Crippen molar-refractivity contribution in [2.45, 2.75) is 6.29 Å². The number of benzene rings is 1. The van der Waals surface area contributed by atoms with Crippen molar-refractivity contribution < 1.29 is 19.4 Å². The molecule has 0 heterocycles. The van der Waals surface area contributed by atoms with E-state index in [2.05, 4.69) is 10.6 Å². The van der Waals surface area contributed by atoms with E-state index in [1.807, 2.05) is 0 Å². The number of anilines is 1. The van der Waals surface area contributed by atoms with Gasteiger partial charge in [0, 0.05) is 32.2 Å². The van der Waals surface area contributed by atoms with Crippen LogP contribution in [-0.4, -0.2) is 38.1 Å². The van der Waals surface area contributed by atoms with Crippen molar-refractivity contribution in [2.24, 2.45) is 0 Å². The van der Waals surface area contributed by atoms with Crippen LogP contribution in [0.5, 0.6) is 5.75 Å². The van der Waals surface area contributed by atoms with Crippen LogP contribution in [0.3, 0.4) is 0 Å². The molecule has 7 heteroatoms. The van der Waals surface area contributed by atoms with Crippen LogP contribution in [0.25, 0.3) is 0 Å². The lowest BCUT2D eigenvalue weighted by molar-refractivity contribution is -0.112. The maximum atomic E-state index is 11.9. The zero-order valence-corrected chi connectivity index (χ0v) is 11.8. The standard InChI is InChI=1S/C14H17N3O4/c1-20-13(21-2)9-16-8-10(7-15)14(19)17-11-4-3-5-12(18)6-11/h3-6,8,13,16,18H,9H2,1-2H3,(H,17,19)/b10-8-. The fourth-order valence-corrected chi connectivity index (χ4v) is 1.45. The quantitative estimate of drug-likeness (QED) is 0.392. The van der Waals surface area contributed by atoms with Gasteiger partial charge in [-0.15, -0.1) is 0 Å². The highest BCUT2D eigenvalue weighted by molar-refractivity contribution is 6.06. The van der Waals surface area contributed by atoms with Crippen LogP contribution >= 0.6 is 0 Å². The van der Waals surface area contributed by atoms with Gasteiger partial charge in [0.15, 0.2) is 6.29 Å². The van der Waals surface area contributed by atoms with Crippen molar-refractivity contribution in [1.29, 1.82) is 5.26 Å². The van der Waals surface area contributed by atoms with Gasteiger partial charge in [0.1, 0.15) is 17.4 Å². The first-order valence-electron chi connectivity index (χ1n) is 6.10. The van der Waals surface area contributed by atoms with E-state index in [-0.39, 0.29) is 17.9 Å². The Kier molecular flexibility index (Phi) is 6.74. The van der Waals surface area contributed by atoms with Crippen molar-refractivity contribution in [3.63, 3.8) is 0 Å². The number of carbonyl (C=O) groups excluding carboxylic acids is 1. The van der Waals surface area contributed by atoms with Gasteiger partial charge in [-0.1, -0.05) is 6.07 Å². The number of phenolic OH excluding ortho intramolecular Hbond substituents is 1. The van der Waals surface area contributed by atoms with Gasteiger partial charge in [-0.25, -0.2) is 0 Å². The van der Waals surface area contributed by atoms with E-state index in [1.165, 1.54) is 32.6 Å². The van der Waals surface area contributed by atoms with E-state index in [9.17, 15) is 9.90 Å². The van der Waals surface area contributed by atoms with Gasteiger partial charge in [-0.05, 0) is 12.1 Å². The Labute approximate surface area is 122 Å². The van der Waals surface area contributed by atoms with Crippen molar-refractivity contribution in [3.05, 3.63) is 36.0 Å². The summed E-state index contributed by atoms with van der Waals surface area (Å²) in [6, 6.07) is 7.84. The molecule has 0 aliphatic rings. The van der Waals surface area contributed by atoms with Gasteiger partial charge in [0.25, 0.3) is 5.91 Å². The average molecular weight is 291 g/mol. The molecule has 0 radical (unpaired) electrons. The fourth-order valence-electron chi connectivity index (χ4n) is 1.45. The molecule has 0 atom stereocenters. The summed E-state index contributed by atoms with van der Waals surface area (Å²) in [5.41, 5.74) is 0.289. The Hall–Kier alpha value is -2.56. The lowest BCUT2D eigenvalue weighted by Crippen LogP contribution is -2.27. The number of phenols is 1. The number of ether oxygens (including phenoxy) is 2. The topological polar surface area (TPSA) is 104 Å². The van der Waals surface area contributed by atoms with Crippen molar-refractivity contribution in [1.82, 2.24) is 5.32 Å². The van der Waals surface area contributed by atoms with E-state index in [1.54, 1.807) is 18.2 Å². The smallest absolute Gasteiger partial charge is 0.267 e. The Balaban J connectivity index is 2.63. The summed E-state index contributed by atoms with van der Waals surface area (Å²) in [4.78, 5) is 11.9. The Bertz CT molecular complexity index is 547. The van der Waals surface area contributed by atoms with Gasteiger partial charge >= 0.3 is 0 Å². The fraction of sp³-hybridized carbons (Fsp3) is 0.286. The summed E-state index contributed by atoms with van der Waals surface area (Å²) in [7, 11) is 2.97. The molecule has 3 N–H and O–H groups in total. The molecule has 7 nitrogen and oxygen atoms in total. The molecule has 1 rings (SSSR count).